The van der Waals surface area contributed by atoms with Crippen molar-refractivity contribution in [3.8, 4) is 11.5 Å². The van der Waals surface area contributed by atoms with E-state index in [9.17, 15) is 4.79 Å². The highest BCUT2D eigenvalue weighted by Gasteiger charge is 2.37. The van der Waals surface area contributed by atoms with Crippen molar-refractivity contribution in [2.24, 2.45) is 0 Å². The number of benzene rings is 1. The van der Waals surface area contributed by atoms with Crippen molar-refractivity contribution < 1.29 is 9.21 Å². The number of hydrogen-bond donors (Lipinski definition) is 1. The molecule has 1 atom stereocenters. The van der Waals surface area contributed by atoms with Gasteiger partial charge in [0.1, 0.15) is 11.4 Å². The Morgan fingerprint density at radius 3 is 3.10 bits per heavy atom. The average Bonchev–Trinajstić information content (AvgIpc) is 3.42. The summed E-state index contributed by atoms with van der Waals surface area (Å²) in [6.07, 6.45) is 5.03. The fraction of sp³-hybridized carbons (Fsp3) is 0.350. The van der Waals surface area contributed by atoms with Gasteiger partial charge in [0, 0.05) is 43.1 Å². The first-order valence-corrected chi connectivity index (χ1v) is 9.80. The topological polar surface area (TPSA) is 100 Å². The SMILES string of the molecule is CCNc1ncc2c(n1)N1CCC[C@H]1CN(c1cccc(-c3nnco3)c1)C2=O. The summed E-state index contributed by atoms with van der Waals surface area (Å²) in [5, 5.41) is 10.9. The van der Waals surface area contributed by atoms with Gasteiger partial charge in [-0.15, -0.1) is 10.2 Å². The van der Waals surface area contributed by atoms with Gasteiger partial charge in [-0.1, -0.05) is 6.07 Å². The van der Waals surface area contributed by atoms with Gasteiger partial charge in [-0.2, -0.15) is 4.98 Å². The van der Waals surface area contributed by atoms with Gasteiger partial charge >= 0.3 is 0 Å². The lowest BCUT2D eigenvalue weighted by molar-refractivity contribution is 0.0988. The molecule has 5 rings (SSSR count). The summed E-state index contributed by atoms with van der Waals surface area (Å²) < 4.78 is 5.31. The molecule has 0 saturated carbocycles. The molecular weight excluding hydrogens is 370 g/mol. The smallest absolute Gasteiger partial charge is 0.263 e. The Kier molecular flexibility index (Phi) is 4.34. The van der Waals surface area contributed by atoms with E-state index in [1.165, 1.54) is 6.39 Å². The van der Waals surface area contributed by atoms with Gasteiger partial charge in [-0.3, -0.25) is 4.79 Å². The molecule has 2 aliphatic heterocycles. The minimum Gasteiger partial charge on any atom is -0.423 e. The highest BCUT2D eigenvalue weighted by Crippen LogP contribution is 2.34. The van der Waals surface area contributed by atoms with Crippen molar-refractivity contribution in [1.82, 2.24) is 20.2 Å². The molecule has 0 aliphatic carbocycles. The molecule has 1 saturated heterocycles. The largest absolute Gasteiger partial charge is 0.423 e. The standard InChI is InChI=1S/C20H21N7O2/c1-2-21-20-22-10-16-17(24-20)26-8-4-7-15(26)11-27(19(16)28)14-6-3-5-13(9-14)18-25-23-12-29-18/h3,5-6,9-10,12,15H,2,4,7-8,11H2,1H3,(H,21,22,24)/t15-/m0/s1. The lowest BCUT2D eigenvalue weighted by Gasteiger charge is -2.27. The van der Waals surface area contributed by atoms with Crippen LogP contribution in [0.3, 0.4) is 0 Å². The number of rotatable bonds is 4. The zero-order valence-electron chi connectivity index (χ0n) is 16.1. The van der Waals surface area contributed by atoms with Crippen LogP contribution >= 0.6 is 0 Å². The van der Waals surface area contributed by atoms with E-state index in [0.29, 0.717) is 23.9 Å². The maximum Gasteiger partial charge on any atom is 0.263 e. The van der Waals surface area contributed by atoms with Gasteiger partial charge in [-0.05, 0) is 38.0 Å². The second kappa shape index (κ2) is 7.16. The molecule has 9 heteroatoms. The van der Waals surface area contributed by atoms with Gasteiger partial charge in [0.15, 0.2) is 0 Å². The molecule has 2 aliphatic rings. The molecule has 1 N–H and O–H groups in total. The van der Waals surface area contributed by atoms with E-state index in [1.807, 2.05) is 36.1 Å². The van der Waals surface area contributed by atoms with Gasteiger partial charge in [0.2, 0.25) is 18.2 Å². The minimum absolute atomic E-state index is 0.0971. The van der Waals surface area contributed by atoms with Crippen LogP contribution in [0, 0.1) is 0 Å². The molecule has 2 aromatic heterocycles. The lowest BCUT2D eigenvalue weighted by atomic mass is 10.1. The van der Waals surface area contributed by atoms with Crippen molar-refractivity contribution in [3.05, 3.63) is 42.4 Å². The zero-order valence-corrected chi connectivity index (χ0v) is 16.1. The molecule has 0 bridgehead atoms. The van der Waals surface area contributed by atoms with Crippen LogP contribution in [0.4, 0.5) is 17.5 Å². The Balaban J connectivity index is 1.57. The predicted molar refractivity (Wildman–Crippen MR) is 108 cm³/mol. The molecule has 1 fully saturated rings. The van der Waals surface area contributed by atoms with E-state index in [0.717, 1.165) is 43.0 Å². The van der Waals surface area contributed by atoms with Crippen LogP contribution < -0.4 is 15.1 Å². The van der Waals surface area contributed by atoms with Crippen LogP contribution in [0.5, 0.6) is 0 Å². The fourth-order valence-corrected chi connectivity index (χ4v) is 4.06. The third-order valence-corrected chi connectivity index (χ3v) is 5.39. The van der Waals surface area contributed by atoms with E-state index in [-0.39, 0.29) is 11.9 Å². The quantitative estimate of drug-likeness (QED) is 0.724. The van der Waals surface area contributed by atoms with E-state index < -0.39 is 0 Å². The van der Waals surface area contributed by atoms with E-state index in [2.05, 4.69) is 30.4 Å². The average molecular weight is 391 g/mol. The number of nitrogens with zero attached hydrogens (tertiary/aromatic N) is 6. The lowest BCUT2D eigenvalue weighted by Crippen LogP contribution is -2.39. The Morgan fingerprint density at radius 1 is 1.34 bits per heavy atom. The maximum atomic E-state index is 13.5. The predicted octanol–water partition coefficient (Wildman–Crippen LogP) is 2.59. The van der Waals surface area contributed by atoms with Crippen molar-refractivity contribution in [1.29, 1.82) is 0 Å². The van der Waals surface area contributed by atoms with Crippen LogP contribution in [0.25, 0.3) is 11.5 Å². The minimum atomic E-state index is -0.0971. The number of nitrogens with one attached hydrogen (secondary N) is 1. The Hall–Kier alpha value is -3.49. The van der Waals surface area contributed by atoms with Crippen molar-refractivity contribution in [2.75, 3.05) is 34.8 Å². The van der Waals surface area contributed by atoms with Gasteiger partial charge in [0.05, 0.1) is 0 Å². The molecule has 0 spiro atoms. The Labute approximate surface area is 167 Å². The molecule has 148 valence electrons. The van der Waals surface area contributed by atoms with Gasteiger partial charge in [0.25, 0.3) is 5.91 Å². The number of hydrogen-bond acceptors (Lipinski definition) is 8. The third-order valence-electron chi connectivity index (χ3n) is 5.39. The number of aromatic nitrogens is 4. The molecule has 1 aromatic carbocycles. The maximum absolute atomic E-state index is 13.5. The summed E-state index contributed by atoms with van der Waals surface area (Å²) in [7, 11) is 0. The second-order valence-corrected chi connectivity index (χ2v) is 7.16. The molecular formula is C20H21N7O2. The van der Waals surface area contributed by atoms with Crippen molar-refractivity contribution in [2.45, 2.75) is 25.8 Å². The second-order valence-electron chi connectivity index (χ2n) is 7.16. The summed E-state index contributed by atoms with van der Waals surface area (Å²) in [6, 6.07) is 7.84. The van der Waals surface area contributed by atoms with Crippen molar-refractivity contribution in [3.63, 3.8) is 0 Å². The van der Waals surface area contributed by atoms with Crippen LogP contribution in [-0.4, -0.2) is 51.7 Å². The summed E-state index contributed by atoms with van der Waals surface area (Å²) in [5.41, 5.74) is 2.10. The summed E-state index contributed by atoms with van der Waals surface area (Å²) in [5.74, 6) is 1.60. The zero-order chi connectivity index (χ0) is 19.8. The highest BCUT2D eigenvalue weighted by molar-refractivity contribution is 6.10. The number of fused-ring (bicyclic) bond motifs is 3. The van der Waals surface area contributed by atoms with Crippen LogP contribution in [0.15, 0.2) is 41.3 Å². The third kappa shape index (κ3) is 3.08. The van der Waals surface area contributed by atoms with Crippen LogP contribution in [-0.2, 0) is 0 Å². The first-order chi connectivity index (χ1) is 14.2. The van der Waals surface area contributed by atoms with E-state index in [1.54, 1.807) is 6.20 Å². The summed E-state index contributed by atoms with van der Waals surface area (Å²) in [4.78, 5) is 26.6. The summed E-state index contributed by atoms with van der Waals surface area (Å²) >= 11 is 0. The van der Waals surface area contributed by atoms with E-state index >= 15 is 0 Å². The molecule has 4 heterocycles. The van der Waals surface area contributed by atoms with Gasteiger partial charge in [-0.25, -0.2) is 4.98 Å². The normalized spacial score (nSPS) is 18.4. The van der Waals surface area contributed by atoms with Crippen molar-refractivity contribution >= 4 is 23.4 Å². The molecule has 1 amide bonds. The Morgan fingerprint density at radius 2 is 2.28 bits per heavy atom. The first kappa shape index (κ1) is 17.6. The number of carbonyl (C=O) groups is 1. The highest BCUT2D eigenvalue weighted by atomic mass is 16.4. The van der Waals surface area contributed by atoms with Crippen LogP contribution in [0.1, 0.15) is 30.1 Å². The number of amides is 1. The molecule has 0 unspecified atom stereocenters. The van der Waals surface area contributed by atoms with E-state index in [4.69, 9.17) is 4.42 Å². The molecule has 29 heavy (non-hydrogen) atoms. The molecule has 0 radical (unpaired) electrons. The number of anilines is 3. The fourth-order valence-electron chi connectivity index (χ4n) is 4.06. The monoisotopic (exact) mass is 391 g/mol. The van der Waals surface area contributed by atoms with Gasteiger partial charge < -0.3 is 19.5 Å². The first-order valence-electron chi connectivity index (χ1n) is 9.80. The summed E-state index contributed by atoms with van der Waals surface area (Å²) in [6.45, 7) is 4.21. The molecule has 3 aromatic rings. The Bertz CT molecular complexity index is 1040. The molecule has 9 nitrogen and oxygen atoms in total. The van der Waals surface area contributed by atoms with Crippen LogP contribution in [0.2, 0.25) is 0 Å². The number of carbonyl (C=O) groups excluding carboxylic acids is 1.